The third-order valence-electron chi connectivity index (χ3n) is 1.70. The van der Waals surface area contributed by atoms with Crippen LogP contribution in [0.15, 0.2) is 24.3 Å². The molecule has 0 aliphatic heterocycles. The molecule has 0 aliphatic carbocycles. The Morgan fingerprint density at radius 3 is 2.33 bits per heavy atom. The summed E-state index contributed by atoms with van der Waals surface area (Å²) in [6.07, 6.45) is 1.99. The van der Waals surface area contributed by atoms with Gasteiger partial charge in [0.2, 0.25) is 0 Å². The van der Waals surface area contributed by atoms with Crippen molar-refractivity contribution in [2.75, 3.05) is 13.4 Å². The lowest BCUT2D eigenvalue weighted by atomic mass is 10.2. The highest BCUT2D eigenvalue weighted by Crippen LogP contribution is 2.22. The first-order chi connectivity index (χ1) is 5.77. The van der Waals surface area contributed by atoms with Gasteiger partial charge in [-0.2, -0.15) is 0 Å². The van der Waals surface area contributed by atoms with Gasteiger partial charge in [0.15, 0.2) is 0 Å². The van der Waals surface area contributed by atoms with Crippen molar-refractivity contribution >= 4 is 11.8 Å². The predicted octanol–water partition coefficient (Wildman–Crippen LogP) is 2.02. The normalized spacial score (nSPS) is 12.6. The van der Waals surface area contributed by atoms with Gasteiger partial charge in [-0.15, -0.1) is 11.8 Å². The number of methoxy groups -OCH3 is 1. The van der Waals surface area contributed by atoms with Crippen LogP contribution in [0.4, 0.5) is 0 Å². The van der Waals surface area contributed by atoms with E-state index in [9.17, 15) is 0 Å². The first kappa shape index (κ1) is 9.42. The van der Waals surface area contributed by atoms with Crippen LogP contribution in [0.2, 0.25) is 0 Å². The number of ether oxygens (including phenoxy) is 1. The lowest BCUT2D eigenvalue weighted by molar-refractivity contribution is 0.414. The predicted molar refractivity (Wildman–Crippen MR) is 53.4 cm³/mol. The van der Waals surface area contributed by atoms with Crippen molar-refractivity contribution in [3.63, 3.8) is 0 Å². The first-order valence-corrected chi connectivity index (χ1v) is 4.99. The van der Waals surface area contributed by atoms with E-state index in [1.165, 1.54) is 0 Å². The summed E-state index contributed by atoms with van der Waals surface area (Å²) in [5, 5.41) is 0.0657. The van der Waals surface area contributed by atoms with Crippen LogP contribution >= 0.6 is 11.8 Å². The Bertz CT molecular complexity index is 235. The molecule has 1 aromatic rings. The molecule has 0 amide bonds. The molecule has 1 unspecified atom stereocenters. The summed E-state index contributed by atoms with van der Waals surface area (Å²) in [5.74, 6) is 0.868. The van der Waals surface area contributed by atoms with Crippen LogP contribution in [0, 0.1) is 0 Å². The lowest BCUT2D eigenvalue weighted by Gasteiger charge is -2.08. The van der Waals surface area contributed by atoms with Gasteiger partial charge in [0.05, 0.1) is 12.5 Å². The summed E-state index contributed by atoms with van der Waals surface area (Å²) in [6.45, 7) is 0. The van der Waals surface area contributed by atoms with Gasteiger partial charge in [-0.3, -0.25) is 0 Å². The van der Waals surface area contributed by atoms with Crippen LogP contribution in [-0.4, -0.2) is 13.4 Å². The highest BCUT2D eigenvalue weighted by molar-refractivity contribution is 7.98. The van der Waals surface area contributed by atoms with Crippen LogP contribution < -0.4 is 10.5 Å². The molecule has 12 heavy (non-hydrogen) atoms. The number of nitrogens with two attached hydrogens (primary N) is 1. The summed E-state index contributed by atoms with van der Waals surface area (Å²) >= 11 is 1.63. The lowest BCUT2D eigenvalue weighted by Crippen LogP contribution is -2.04. The number of thioether (sulfide) groups is 1. The molecule has 0 spiro atoms. The molecule has 3 heteroatoms. The Balaban J connectivity index is 2.77. The average Bonchev–Trinajstić information content (AvgIpc) is 2.17. The zero-order valence-corrected chi connectivity index (χ0v) is 8.10. The van der Waals surface area contributed by atoms with Gasteiger partial charge in [0.25, 0.3) is 0 Å². The standard InChI is InChI=1S/C9H13NOS/c1-11-8-5-3-7(4-6-8)9(10)12-2/h3-6,9H,10H2,1-2H3. The minimum atomic E-state index is 0.0657. The highest BCUT2D eigenvalue weighted by Gasteiger charge is 2.02. The largest absolute Gasteiger partial charge is 0.497 e. The van der Waals surface area contributed by atoms with E-state index in [2.05, 4.69) is 0 Å². The van der Waals surface area contributed by atoms with Gasteiger partial charge in [-0.25, -0.2) is 0 Å². The minimum absolute atomic E-state index is 0.0657. The van der Waals surface area contributed by atoms with Crippen molar-refractivity contribution in [1.82, 2.24) is 0 Å². The summed E-state index contributed by atoms with van der Waals surface area (Å²) in [5.41, 5.74) is 6.94. The van der Waals surface area contributed by atoms with Crippen LogP contribution in [0.5, 0.6) is 5.75 Å². The number of hydrogen-bond acceptors (Lipinski definition) is 3. The minimum Gasteiger partial charge on any atom is -0.497 e. The van der Waals surface area contributed by atoms with Crippen molar-refractivity contribution in [3.8, 4) is 5.75 Å². The molecule has 0 saturated carbocycles. The third kappa shape index (κ3) is 2.16. The van der Waals surface area contributed by atoms with Crippen molar-refractivity contribution < 1.29 is 4.74 Å². The molecule has 0 aliphatic rings. The van der Waals surface area contributed by atoms with Gasteiger partial charge < -0.3 is 10.5 Å². The number of rotatable bonds is 3. The van der Waals surface area contributed by atoms with E-state index >= 15 is 0 Å². The molecule has 1 rings (SSSR count). The quantitative estimate of drug-likeness (QED) is 0.728. The van der Waals surface area contributed by atoms with E-state index in [-0.39, 0.29) is 5.37 Å². The number of benzene rings is 1. The summed E-state index contributed by atoms with van der Waals surface area (Å²) in [7, 11) is 1.66. The Hall–Kier alpha value is -0.670. The van der Waals surface area contributed by atoms with E-state index < -0.39 is 0 Å². The molecule has 1 atom stereocenters. The third-order valence-corrected chi connectivity index (χ3v) is 2.48. The highest BCUT2D eigenvalue weighted by atomic mass is 32.2. The summed E-state index contributed by atoms with van der Waals surface area (Å²) in [4.78, 5) is 0. The van der Waals surface area contributed by atoms with Gasteiger partial charge in [0.1, 0.15) is 5.75 Å². The fourth-order valence-electron chi connectivity index (χ4n) is 0.930. The van der Waals surface area contributed by atoms with E-state index in [1.54, 1.807) is 18.9 Å². The molecule has 2 nitrogen and oxygen atoms in total. The van der Waals surface area contributed by atoms with E-state index in [0.717, 1.165) is 11.3 Å². The Kier molecular flexibility index (Phi) is 3.44. The fraction of sp³-hybridized carbons (Fsp3) is 0.333. The smallest absolute Gasteiger partial charge is 0.118 e. The topological polar surface area (TPSA) is 35.2 Å². The maximum absolute atomic E-state index is 5.81. The Morgan fingerprint density at radius 2 is 1.92 bits per heavy atom. The summed E-state index contributed by atoms with van der Waals surface area (Å²) in [6, 6.07) is 7.82. The molecule has 2 N–H and O–H groups in total. The van der Waals surface area contributed by atoms with Crippen molar-refractivity contribution in [1.29, 1.82) is 0 Å². The van der Waals surface area contributed by atoms with Gasteiger partial charge in [0, 0.05) is 0 Å². The molecule has 0 bridgehead atoms. The molecule has 0 fully saturated rings. The first-order valence-electron chi connectivity index (χ1n) is 3.70. The maximum atomic E-state index is 5.81. The second-order valence-electron chi connectivity index (χ2n) is 2.43. The maximum Gasteiger partial charge on any atom is 0.118 e. The number of hydrogen-bond donors (Lipinski definition) is 1. The fourth-order valence-corrected chi connectivity index (χ4v) is 1.36. The Morgan fingerprint density at radius 1 is 1.33 bits per heavy atom. The zero-order valence-electron chi connectivity index (χ0n) is 7.28. The molecular formula is C9H13NOS. The summed E-state index contributed by atoms with van der Waals surface area (Å²) < 4.78 is 5.03. The molecule has 1 aromatic carbocycles. The van der Waals surface area contributed by atoms with Crippen molar-refractivity contribution in [2.45, 2.75) is 5.37 Å². The molecule has 0 saturated heterocycles. The van der Waals surface area contributed by atoms with E-state index in [1.807, 2.05) is 30.5 Å². The van der Waals surface area contributed by atoms with Crippen LogP contribution in [0.1, 0.15) is 10.9 Å². The van der Waals surface area contributed by atoms with Gasteiger partial charge in [-0.05, 0) is 24.0 Å². The van der Waals surface area contributed by atoms with Crippen molar-refractivity contribution in [3.05, 3.63) is 29.8 Å². The zero-order chi connectivity index (χ0) is 8.97. The average molecular weight is 183 g/mol. The van der Waals surface area contributed by atoms with Crippen LogP contribution in [0.3, 0.4) is 0 Å². The monoisotopic (exact) mass is 183 g/mol. The SMILES string of the molecule is COc1ccc(C(N)SC)cc1. The molecule has 66 valence electrons. The van der Waals surface area contributed by atoms with E-state index in [0.29, 0.717) is 0 Å². The second kappa shape index (κ2) is 4.38. The molecular weight excluding hydrogens is 170 g/mol. The van der Waals surface area contributed by atoms with E-state index in [4.69, 9.17) is 10.5 Å². The molecule has 0 heterocycles. The van der Waals surface area contributed by atoms with Gasteiger partial charge in [-0.1, -0.05) is 12.1 Å². The van der Waals surface area contributed by atoms with Crippen LogP contribution in [0.25, 0.3) is 0 Å². The second-order valence-corrected chi connectivity index (χ2v) is 3.41. The molecule has 0 aromatic heterocycles. The Labute approximate surface area is 77.1 Å². The van der Waals surface area contributed by atoms with Crippen molar-refractivity contribution in [2.24, 2.45) is 5.73 Å². The van der Waals surface area contributed by atoms with Crippen LogP contribution in [-0.2, 0) is 0 Å². The molecule has 0 radical (unpaired) electrons. The van der Waals surface area contributed by atoms with Gasteiger partial charge >= 0.3 is 0 Å².